The van der Waals surface area contributed by atoms with Crippen LogP contribution >= 0.6 is 0 Å². The Hall–Kier alpha value is -3.31. The highest BCUT2D eigenvalue weighted by atomic mass is 16.5. The van der Waals surface area contributed by atoms with Crippen molar-refractivity contribution in [3.63, 3.8) is 0 Å². The van der Waals surface area contributed by atoms with Gasteiger partial charge in [-0.3, -0.25) is 9.91 Å². The van der Waals surface area contributed by atoms with Crippen LogP contribution in [0.4, 0.5) is 5.82 Å². The lowest BCUT2D eigenvalue weighted by atomic mass is 9.85. The van der Waals surface area contributed by atoms with E-state index in [2.05, 4.69) is 57.0 Å². The van der Waals surface area contributed by atoms with E-state index in [0.29, 0.717) is 44.3 Å². The Labute approximate surface area is 222 Å². The molecule has 0 bridgehead atoms. The lowest BCUT2D eigenvalue weighted by Crippen LogP contribution is -2.58. The molecule has 3 fully saturated rings. The summed E-state index contributed by atoms with van der Waals surface area (Å²) in [4.78, 5) is 6.65. The minimum absolute atomic E-state index is 0.189. The van der Waals surface area contributed by atoms with E-state index < -0.39 is 0 Å². The van der Waals surface area contributed by atoms with Crippen molar-refractivity contribution >= 4 is 23.2 Å². The molecule has 0 aliphatic carbocycles. The van der Waals surface area contributed by atoms with Gasteiger partial charge < -0.3 is 20.3 Å². The van der Waals surface area contributed by atoms with E-state index in [0.717, 1.165) is 48.3 Å². The molecule has 1 atom stereocenters. The van der Waals surface area contributed by atoms with Gasteiger partial charge in [0.05, 0.1) is 42.3 Å². The normalized spacial score (nSPS) is 22.2. The number of nitrogens with zero attached hydrogens (tertiary/aromatic N) is 6. The first-order valence-corrected chi connectivity index (χ1v) is 13.3. The second-order valence-electron chi connectivity index (χ2n) is 10.4. The number of nitrogen functional groups attached to an aromatic ring is 1. The standard InChI is InChI=1S/C28H35N7O3/c1-3-31-34(22-8-11-37-12-9-22)19(2)24-14-25(35-26(24)27(29)30-18-32-35)20-5-4-6-21(13-20)28(16-38-17-28)33-10-7-23(36)15-33/h3-6,13-14,18,22-23,36H,2,7-12,15-17H2,1H3,(H2,29,30,32)/b31-3-. The molecule has 0 amide bonds. The minimum atomic E-state index is -0.289. The maximum absolute atomic E-state index is 10.2. The summed E-state index contributed by atoms with van der Waals surface area (Å²) in [6.45, 7) is 10.5. The number of β-amino-alcohol motifs (C(OH)–C–C–N with tert-alkyl or cyclic N) is 1. The Bertz CT molecular complexity index is 1360. The molecule has 1 unspecified atom stereocenters. The predicted octanol–water partition coefficient (Wildman–Crippen LogP) is 2.73. The largest absolute Gasteiger partial charge is 0.392 e. The molecule has 38 heavy (non-hydrogen) atoms. The molecule has 3 saturated heterocycles. The summed E-state index contributed by atoms with van der Waals surface area (Å²) in [5, 5.41) is 21.5. The van der Waals surface area contributed by atoms with Gasteiger partial charge in [-0.15, -0.1) is 0 Å². The topological polar surface area (TPSA) is 114 Å². The molecule has 0 radical (unpaired) electrons. The van der Waals surface area contributed by atoms with Crippen LogP contribution in [0, 0.1) is 0 Å². The van der Waals surface area contributed by atoms with Crippen LogP contribution < -0.4 is 5.73 Å². The van der Waals surface area contributed by atoms with Gasteiger partial charge >= 0.3 is 0 Å². The number of rotatable bonds is 7. The average molecular weight is 518 g/mol. The van der Waals surface area contributed by atoms with Gasteiger partial charge in [-0.25, -0.2) is 9.50 Å². The number of nitrogens with two attached hydrogens (primary N) is 1. The Balaban J connectivity index is 1.42. The van der Waals surface area contributed by atoms with Gasteiger partial charge in [-0.1, -0.05) is 24.8 Å². The molecule has 0 saturated carbocycles. The van der Waals surface area contributed by atoms with E-state index in [1.807, 2.05) is 16.4 Å². The smallest absolute Gasteiger partial charge is 0.152 e. The molecule has 10 heteroatoms. The lowest BCUT2D eigenvalue weighted by molar-refractivity contribution is -0.141. The van der Waals surface area contributed by atoms with Crippen molar-refractivity contribution in [2.75, 3.05) is 45.3 Å². The van der Waals surface area contributed by atoms with Crippen LogP contribution in [0.25, 0.3) is 22.5 Å². The second kappa shape index (κ2) is 10.1. The minimum Gasteiger partial charge on any atom is -0.392 e. The van der Waals surface area contributed by atoms with E-state index in [-0.39, 0.29) is 17.7 Å². The fraction of sp³-hybridized carbons (Fsp3) is 0.464. The Morgan fingerprint density at radius 3 is 2.74 bits per heavy atom. The number of aliphatic hydroxyl groups is 1. The number of ether oxygens (including phenoxy) is 2. The van der Waals surface area contributed by atoms with Crippen LogP contribution in [0.3, 0.4) is 0 Å². The van der Waals surface area contributed by atoms with E-state index >= 15 is 0 Å². The van der Waals surface area contributed by atoms with Crippen LogP contribution in [0.5, 0.6) is 0 Å². The van der Waals surface area contributed by atoms with E-state index in [1.54, 1.807) is 6.21 Å². The molecule has 3 N–H and O–H groups in total. The fourth-order valence-corrected chi connectivity index (χ4v) is 5.98. The summed E-state index contributed by atoms with van der Waals surface area (Å²) in [5.74, 6) is 0.390. The number of aliphatic hydroxyl groups excluding tert-OH is 1. The van der Waals surface area contributed by atoms with Crippen LogP contribution in [0.2, 0.25) is 0 Å². The molecule has 2 aromatic heterocycles. The SMILES string of the molecule is C=C(c1cc(-c2cccc(C3(N4CCC(O)C4)COC3)c2)n2ncnc(N)c12)N(/N=C\C)C1CCOCC1. The van der Waals surface area contributed by atoms with Gasteiger partial charge in [0.25, 0.3) is 0 Å². The maximum atomic E-state index is 10.2. The van der Waals surface area contributed by atoms with Crippen LogP contribution in [0.1, 0.15) is 37.3 Å². The van der Waals surface area contributed by atoms with Crippen molar-refractivity contribution in [1.29, 1.82) is 0 Å². The van der Waals surface area contributed by atoms with Crippen LogP contribution in [-0.4, -0.2) is 87.5 Å². The highest BCUT2D eigenvalue weighted by Crippen LogP contribution is 2.41. The quantitative estimate of drug-likeness (QED) is 0.363. The fourth-order valence-electron chi connectivity index (χ4n) is 5.98. The number of hydrazone groups is 1. The third-order valence-electron chi connectivity index (χ3n) is 8.09. The van der Waals surface area contributed by atoms with Crippen molar-refractivity contribution in [1.82, 2.24) is 24.5 Å². The lowest BCUT2D eigenvalue weighted by Gasteiger charge is -2.48. The first-order valence-electron chi connectivity index (χ1n) is 13.3. The number of benzene rings is 1. The van der Waals surface area contributed by atoms with Gasteiger partial charge in [0.1, 0.15) is 11.8 Å². The van der Waals surface area contributed by atoms with Gasteiger partial charge in [-0.2, -0.15) is 10.2 Å². The van der Waals surface area contributed by atoms with Crippen molar-refractivity contribution in [3.05, 3.63) is 54.4 Å². The Morgan fingerprint density at radius 2 is 2.05 bits per heavy atom. The highest BCUT2D eigenvalue weighted by molar-refractivity contribution is 5.88. The number of likely N-dealkylation sites (tertiary alicyclic amines) is 1. The summed E-state index contributed by atoms with van der Waals surface area (Å²) in [7, 11) is 0. The third-order valence-corrected chi connectivity index (χ3v) is 8.09. The van der Waals surface area contributed by atoms with E-state index in [9.17, 15) is 5.11 Å². The molecule has 3 aliphatic rings. The summed E-state index contributed by atoms with van der Waals surface area (Å²) in [5.41, 5.74) is 11.6. The molecular formula is C28H35N7O3. The third kappa shape index (κ3) is 4.17. The Kier molecular flexibility index (Phi) is 6.65. The summed E-state index contributed by atoms with van der Waals surface area (Å²) in [6, 6.07) is 10.8. The average Bonchev–Trinajstić information content (AvgIpc) is 3.52. The summed E-state index contributed by atoms with van der Waals surface area (Å²) < 4.78 is 13.1. The first-order chi connectivity index (χ1) is 18.5. The number of aromatic nitrogens is 3. The summed E-state index contributed by atoms with van der Waals surface area (Å²) >= 11 is 0. The number of hydrogen-bond acceptors (Lipinski definition) is 9. The number of anilines is 1. The molecule has 0 spiro atoms. The zero-order chi connectivity index (χ0) is 26.3. The van der Waals surface area contributed by atoms with Crippen LogP contribution in [-0.2, 0) is 15.0 Å². The number of hydrogen-bond donors (Lipinski definition) is 2. The van der Waals surface area contributed by atoms with Crippen molar-refractivity contribution in [3.8, 4) is 11.3 Å². The summed E-state index contributed by atoms with van der Waals surface area (Å²) in [6.07, 6.45) is 5.52. The second-order valence-corrected chi connectivity index (χ2v) is 10.4. The Morgan fingerprint density at radius 1 is 1.24 bits per heavy atom. The van der Waals surface area contributed by atoms with Gasteiger partial charge in [-0.05, 0) is 43.9 Å². The van der Waals surface area contributed by atoms with Crippen molar-refractivity contribution in [2.24, 2.45) is 5.10 Å². The zero-order valence-electron chi connectivity index (χ0n) is 21.8. The van der Waals surface area contributed by atoms with E-state index in [4.69, 9.17) is 15.2 Å². The van der Waals surface area contributed by atoms with Gasteiger partial charge in [0.2, 0.25) is 0 Å². The van der Waals surface area contributed by atoms with Crippen molar-refractivity contribution < 1.29 is 14.6 Å². The zero-order valence-corrected chi connectivity index (χ0v) is 21.8. The molecule has 5 heterocycles. The predicted molar refractivity (Wildman–Crippen MR) is 146 cm³/mol. The molecule has 3 aliphatic heterocycles. The maximum Gasteiger partial charge on any atom is 0.152 e. The first kappa shape index (κ1) is 25.0. The van der Waals surface area contributed by atoms with Crippen molar-refractivity contribution in [2.45, 2.75) is 43.9 Å². The molecule has 6 rings (SSSR count). The highest BCUT2D eigenvalue weighted by Gasteiger charge is 2.48. The van der Waals surface area contributed by atoms with Gasteiger partial charge in [0, 0.05) is 43.6 Å². The molecule has 10 nitrogen and oxygen atoms in total. The molecular weight excluding hydrogens is 482 g/mol. The molecule has 200 valence electrons. The van der Waals surface area contributed by atoms with Gasteiger partial charge in [0.15, 0.2) is 5.82 Å². The van der Waals surface area contributed by atoms with E-state index in [1.165, 1.54) is 11.9 Å². The molecule has 3 aromatic rings. The van der Waals surface area contributed by atoms with Crippen LogP contribution in [0.15, 0.2) is 48.3 Å². The monoisotopic (exact) mass is 517 g/mol. The molecule has 1 aromatic carbocycles. The number of fused-ring (bicyclic) bond motifs is 1.